The number of nitrogens with two attached hydrogens (primary N) is 1. The van der Waals surface area contributed by atoms with E-state index in [4.69, 9.17) is 5.73 Å². The van der Waals surface area contributed by atoms with Crippen LogP contribution in [0.5, 0.6) is 0 Å². The number of nitrogens with one attached hydrogen (secondary N) is 1. The second kappa shape index (κ2) is 7.66. The predicted molar refractivity (Wildman–Crippen MR) is 67.1 cm³/mol. The van der Waals surface area contributed by atoms with Crippen molar-refractivity contribution in [3.05, 3.63) is 0 Å². The van der Waals surface area contributed by atoms with E-state index in [-0.39, 0.29) is 11.9 Å². The van der Waals surface area contributed by atoms with Gasteiger partial charge in [-0.15, -0.1) is 0 Å². The summed E-state index contributed by atoms with van der Waals surface area (Å²) in [5, 5.41) is 2.95. The molecule has 1 amide bonds. The zero-order valence-electron chi connectivity index (χ0n) is 10.5. The normalized spacial score (nSPS) is 18.6. The van der Waals surface area contributed by atoms with E-state index in [9.17, 15) is 4.79 Å². The Balaban J connectivity index is 1.95. The SMILES string of the molecule is CCC(N)CC(=O)NCCCC1CCCC1. The van der Waals surface area contributed by atoms with Gasteiger partial charge in [-0.05, 0) is 25.2 Å². The summed E-state index contributed by atoms with van der Waals surface area (Å²) in [4.78, 5) is 11.4. The second-order valence-corrected chi connectivity index (χ2v) is 5.02. The van der Waals surface area contributed by atoms with Crippen LogP contribution in [0.3, 0.4) is 0 Å². The third-order valence-corrected chi connectivity index (χ3v) is 3.56. The van der Waals surface area contributed by atoms with Gasteiger partial charge in [0.25, 0.3) is 0 Å². The van der Waals surface area contributed by atoms with E-state index < -0.39 is 0 Å². The molecule has 3 nitrogen and oxygen atoms in total. The quantitative estimate of drug-likeness (QED) is 0.654. The molecule has 94 valence electrons. The molecule has 0 bridgehead atoms. The molecule has 1 rings (SSSR count). The van der Waals surface area contributed by atoms with Crippen molar-refractivity contribution in [1.29, 1.82) is 0 Å². The smallest absolute Gasteiger partial charge is 0.221 e. The molecule has 1 aliphatic rings. The Hall–Kier alpha value is -0.570. The first-order chi connectivity index (χ1) is 7.72. The number of carbonyl (C=O) groups excluding carboxylic acids is 1. The zero-order chi connectivity index (χ0) is 11.8. The Morgan fingerprint density at radius 3 is 2.75 bits per heavy atom. The van der Waals surface area contributed by atoms with E-state index in [0.717, 1.165) is 25.3 Å². The van der Waals surface area contributed by atoms with Crippen molar-refractivity contribution in [2.45, 2.75) is 64.3 Å². The molecule has 1 unspecified atom stereocenters. The Bertz CT molecular complexity index is 200. The highest BCUT2D eigenvalue weighted by molar-refractivity contribution is 5.76. The fourth-order valence-corrected chi connectivity index (χ4v) is 2.37. The molecule has 0 radical (unpaired) electrons. The molecule has 0 aromatic rings. The molecule has 3 N–H and O–H groups in total. The maximum atomic E-state index is 11.4. The van der Waals surface area contributed by atoms with Crippen LogP contribution in [-0.2, 0) is 4.79 Å². The first-order valence-corrected chi connectivity index (χ1v) is 6.74. The van der Waals surface area contributed by atoms with E-state index >= 15 is 0 Å². The highest BCUT2D eigenvalue weighted by atomic mass is 16.1. The van der Waals surface area contributed by atoms with Crippen LogP contribution >= 0.6 is 0 Å². The minimum atomic E-state index is 0.0230. The predicted octanol–water partition coefficient (Wildman–Crippen LogP) is 2.20. The van der Waals surface area contributed by atoms with Gasteiger partial charge in [-0.3, -0.25) is 4.79 Å². The molecule has 0 aromatic heterocycles. The van der Waals surface area contributed by atoms with Gasteiger partial charge < -0.3 is 11.1 Å². The van der Waals surface area contributed by atoms with Crippen LogP contribution in [0.1, 0.15) is 58.3 Å². The van der Waals surface area contributed by atoms with Gasteiger partial charge in [0.15, 0.2) is 0 Å². The molecule has 16 heavy (non-hydrogen) atoms. The summed E-state index contributed by atoms with van der Waals surface area (Å²) in [6.07, 6.45) is 9.35. The summed E-state index contributed by atoms with van der Waals surface area (Å²) in [5.74, 6) is 1.04. The van der Waals surface area contributed by atoms with E-state index in [1.54, 1.807) is 0 Å². The largest absolute Gasteiger partial charge is 0.356 e. The van der Waals surface area contributed by atoms with Crippen LogP contribution < -0.4 is 11.1 Å². The molecule has 0 aromatic carbocycles. The number of hydrogen-bond acceptors (Lipinski definition) is 2. The number of carbonyl (C=O) groups is 1. The van der Waals surface area contributed by atoms with Gasteiger partial charge in [-0.1, -0.05) is 32.6 Å². The average Bonchev–Trinajstić information content (AvgIpc) is 2.77. The number of amides is 1. The Morgan fingerprint density at radius 2 is 2.12 bits per heavy atom. The van der Waals surface area contributed by atoms with Crippen LogP contribution in [0.25, 0.3) is 0 Å². The van der Waals surface area contributed by atoms with Gasteiger partial charge in [0.05, 0.1) is 0 Å². The summed E-state index contributed by atoms with van der Waals surface area (Å²) >= 11 is 0. The van der Waals surface area contributed by atoms with Gasteiger partial charge >= 0.3 is 0 Å². The molecule has 0 spiro atoms. The van der Waals surface area contributed by atoms with Gasteiger partial charge in [0, 0.05) is 19.0 Å². The van der Waals surface area contributed by atoms with Gasteiger partial charge in [-0.25, -0.2) is 0 Å². The molecular weight excluding hydrogens is 200 g/mol. The van der Waals surface area contributed by atoms with Crippen molar-refractivity contribution >= 4 is 5.91 Å². The molecule has 0 aliphatic heterocycles. The Kier molecular flexibility index (Phi) is 6.46. The minimum absolute atomic E-state index is 0.0230. The molecule has 0 heterocycles. The van der Waals surface area contributed by atoms with Gasteiger partial charge in [0.1, 0.15) is 0 Å². The monoisotopic (exact) mass is 226 g/mol. The molecule has 1 fully saturated rings. The van der Waals surface area contributed by atoms with Crippen LogP contribution in [0.4, 0.5) is 0 Å². The fraction of sp³-hybridized carbons (Fsp3) is 0.923. The van der Waals surface area contributed by atoms with Crippen molar-refractivity contribution in [3.8, 4) is 0 Å². The summed E-state index contributed by atoms with van der Waals surface area (Å²) in [7, 11) is 0. The fourth-order valence-electron chi connectivity index (χ4n) is 2.37. The number of hydrogen-bond donors (Lipinski definition) is 2. The number of rotatable bonds is 7. The maximum Gasteiger partial charge on any atom is 0.221 e. The van der Waals surface area contributed by atoms with Crippen molar-refractivity contribution in [1.82, 2.24) is 5.32 Å². The Labute approximate surface area is 99.2 Å². The highest BCUT2D eigenvalue weighted by Crippen LogP contribution is 2.28. The van der Waals surface area contributed by atoms with Gasteiger partial charge in [0.2, 0.25) is 5.91 Å². The summed E-state index contributed by atoms with van der Waals surface area (Å²) in [6, 6.07) is 0.0230. The standard InChI is InChI=1S/C13H26N2O/c1-2-12(14)10-13(16)15-9-5-8-11-6-3-4-7-11/h11-12H,2-10,14H2,1H3,(H,15,16). The maximum absolute atomic E-state index is 11.4. The van der Waals surface area contributed by atoms with E-state index in [1.165, 1.54) is 32.1 Å². The van der Waals surface area contributed by atoms with E-state index in [2.05, 4.69) is 5.32 Å². The molecule has 1 aliphatic carbocycles. The lowest BCUT2D eigenvalue weighted by molar-refractivity contribution is -0.121. The zero-order valence-corrected chi connectivity index (χ0v) is 10.5. The molecular formula is C13H26N2O. The molecule has 3 heteroatoms. The van der Waals surface area contributed by atoms with Crippen LogP contribution in [-0.4, -0.2) is 18.5 Å². The second-order valence-electron chi connectivity index (χ2n) is 5.02. The van der Waals surface area contributed by atoms with Crippen molar-refractivity contribution in [3.63, 3.8) is 0 Å². The van der Waals surface area contributed by atoms with Crippen LogP contribution in [0.2, 0.25) is 0 Å². The Morgan fingerprint density at radius 1 is 1.44 bits per heavy atom. The topological polar surface area (TPSA) is 55.1 Å². The molecule has 1 saturated carbocycles. The third-order valence-electron chi connectivity index (χ3n) is 3.56. The van der Waals surface area contributed by atoms with Crippen molar-refractivity contribution in [2.75, 3.05) is 6.54 Å². The summed E-state index contributed by atoms with van der Waals surface area (Å²) in [6.45, 7) is 2.84. The van der Waals surface area contributed by atoms with Crippen molar-refractivity contribution in [2.24, 2.45) is 11.7 Å². The summed E-state index contributed by atoms with van der Waals surface area (Å²) in [5.41, 5.74) is 5.72. The highest BCUT2D eigenvalue weighted by Gasteiger charge is 2.14. The molecule has 1 atom stereocenters. The van der Waals surface area contributed by atoms with E-state index in [0.29, 0.717) is 6.42 Å². The molecule has 0 saturated heterocycles. The lowest BCUT2D eigenvalue weighted by atomic mass is 10.0. The lowest BCUT2D eigenvalue weighted by Crippen LogP contribution is -2.31. The average molecular weight is 226 g/mol. The van der Waals surface area contributed by atoms with Crippen LogP contribution in [0, 0.1) is 5.92 Å². The van der Waals surface area contributed by atoms with E-state index in [1.807, 2.05) is 6.92 Å². The first-order valence-electron chi connectivity index (χ1n) is 6.74. The summed E-state index contributed by atoms with van der Waals surface area (Å²) < 4.78 is 0. The van der Waals surface area contributed by atoms with Crippen LogP contribution in [0.15, 0.2) is 0 Å². The third kappa shape index (κ3) is 5.50. The first kappa shape index (κ1) is 13.5. The van der Waals surface area contributed by atoms with Gasteiger partial charge in [-0.2, -0.15) is 0 Å². The lowest BCUT2D eigenvalue weighted by Gasteiger charge is -2.11. The van der Waals surface area contributed by atoms with Crippen molar-refractivity contribution < 1.29 is 4.79 Å². The minimum Gasteiger partial charge on any atom is -0.356 e.